The van der Waals surface area contributed by atoms with Crippen LogP contribution in [0.1, 0.15) is 44.5 Å². The van der Waals surface area contributed by atoms with Crippen LogP contribution in [0.5, 0.6) is 0 Å². The number of H-pyrrole nitrogens is 1. The number of hydrogen-bond donors (Lipinski definition) is 3. The fourth-order valence-electron chi connectivity index (χ4n) is 3.79. The van der Waals surface area contributed by atoms with Crippen molar-refractivity contribution in [3.05, 3.63) is 35.7 Å². The van der Waals surface area contributed by atoms with E-state index in [-0.39, 0.29) is 45.1 Å². The third kappa shape index (κ3) is 4.87. The van der Waals surface area contributed by atoms with E-state index in [9.17, 15) is 22.0 Å². The van der Waals surface area contributed by atoms with Crippen molar-refractivity contribution in [3.8, 4) is 0 Å². The Hall–Kier alpha value is -3.61. The van der Waals surface area contributed by atoms with Gasteiger partial charge in [0.1, 0.15) is 16.9 Å². The van der Waals surface area contributed by atoms with Crippen LogP contribution in [0, 0.1) is 5.92 Å². The first kappa shape index (κ1) is 24.1. The number of anilines is 3. The van der Waals surface area contributed by atoms with Crippen LogP contribution in [0.15, 0.2) is 34.2 Å². The SMILES string of the molecule is CC1(C)CN=C(c2ccc(Nc3cc(NC(=O)C4CC4)nc4[nH]c(C(F)F)nc34)c(S(C)(=O)=O)c2)O1. The van der Waals surface area contributed by atoms with Gasteiger partial charge >= 0.3 is 0 Å². The predicted octanol–water partition coefficient (Wildman–Crippen LogP) is 3.95. The van der Waals surface area contributed by atoms with Gasteiger partial charge in [0.05, 0.1) is 22.8 Å². The normalized spacial score (nSPS) is 17.2. The van der Waals surface area contributed by atoms with Crippen molar-refractivity contribution in [3.63, 3.8) is 0 Å². The molecule has 0 unspecified atom stereocenters. The molecule has 0 radical (unpaired) electrons. The van der Waals surface area contributed by atoms with Crippen LogP contribution in [0.4, 0.5) is 26.0 Å². The number of fused-ring (bicyclic) bond motifs is 1. The fraction of sp³-hybridized carbons (Fsp3) is 0.391. The molecule has 3 heterocycles. The average molecular weight is 519 g/mol. The molecular formula is C23H24F2N6O4S. The molecule has 1 amide bonds. The Morgan fingerprint density at radius 3 is 2.56 bits per heavy atom. The first-order chi connectivity index (χ1) is 16.9. The summed E-state index contributed by atoms with van der Waals surface area (Å²) < 4.78 is 57.9. The largest absolute Gasteiger partial charge is 0.469 e. The second-order valence-electron chi connectivity index (χ2n) is 9.53. The lowest BCUT2D eigenvalue weighted by Crippen LogP contribution is -2.24. The van der Waals surface area contributed by atoms with E-state index in [0.717, 1.165) is 19.1 Å². The number of rotatable bonds is 7. The molecule has 5 rings (SSSR count). The Kier molecular flexibility index (Phi) is 5.69. The number of nitrogens with zero attached hydrogens (tertiary/aromatic N) is 3. The molecular weight excluding hydrogens is 494 g/mol. The number of aromatic nitrogens is 3. The summed E-state index contributed by atoms with van der Waals surface area (Å²) in [4.78, 5) is 27.2. The molecule has 1 fully saturated rings. The van der Waals surface area contributed by atoms with Crippen LogP contribution in [-0.2, 0) is 19.4 Å². The summed E-state index contributed by atoms with van der Waals surface area (Å²) >= 11 is 0. The van der Waals surface area contributed by atoms with Crippen molar-refractivity contribution in [2.75, 3.05) is 23.4 Å². The second-order valence-corrected chi connectivity index (χ2v) is 11.5. The van der Waals surface area contributed by atoms with Crippen LogP contribution in [0.3, 0.4) is 0 Å². The molecule has 1 saturated carbocycles. The lowest BCUT2D eigenvalue weighted by molar-refractivity contribution is -0.117. The number of halogens is 2. The lowest BCUT2D eigenvalue weighted by Gasteiger charge is -2.18. The standard InChI is InChI=1S/C23H24F2N6O4S/c1-23(2)10-26-22(35-23)12-6-7-13(15(8-12)36(3,33)34)27-14-9-16(29-21(32)11-4-5-11)28-19-17(14)30-20(31-19)18(24)25/h6-9,11,18H,4-5,10H2,1-3H3,(H3,27,28,29,30,31,32). The van der Waals surface area contributed by atoms with E-state index in [0.29, 0.717) is 18.0 Å². The number of carbonyl (C=O) groups excluding carboxylic acids is 1. The molecule has 3 aromatic rings. The third-order valence-corrected chi connectivity index (χ3v) is 6.89. The highest BCUT2D eigenvalue weighted by Gasteiger charge is 2.31. The number of ether oxygens (including phenoxy) is 1. The Bertz CT molecular complexity index is 1510. The smallest absolute Gasteiger partial charge is 0.295 e. The molecule has 36 heavy (non-hydrogen) atoms. The minimum atomic E-state index is -3.73. The minimum absolute atomic E-state index is 0.0230. The van der Waals surface area contributed by atoms with E-state index in [1.54, 1.807) is 6.07 Å². The zero-order valence-electron chi connectivity index (χ0n) is 19.7. The highest BCUT2D eigenvalue weighted by molar-refractivity contribution is 7.90. The molecule has 190 valence electrons. The molecule has 0 spiro atoms. The molecule has 3 N–H and O–H groups in total. The zero-order valence-corrected chi connectivity index (χ0v) is 20.5. The molecule has 13 heteroatoms. The molecule has 0 bridgehead atoms. The van der Waals surface area contributed by atoms with Crippen LogP contribution in [-0.4, -0.2) is 53.6 Å². The molecule has 0 saturated heterocycles. The van der Waals surface area contributed by atoms with Crippen molar-refractivity contribution in [2.24, 2.45) is 10.9 Å². The highest BCUT2D eigenvalue weighted by atomic mass is 32.2. The Morgan fingerprint density at radius 2 is 1.94 bits per heavy atom. The summed E-state index contributed by atoms with van der Waals surface area (Å²) in [7, 11) is -3.73. The predicted molar refractivity (Wildman–Crippen MR) is 130 cm³/mol. The number of carbonyl (C=O) groups is 1. The van der Waals surface area contributed by atoms with Gasteiger partial charge in [-0.15, -0.1) is 0 Å². The van der Waals surface area contributed by atoms with Gasteiger partial charge in [0.2, 0.25) is 11.8 Å². The first-order valence-corrected chi connectivity index (χ1v) is 13.1. The van der Waals surface area contributed by atoms with Gasteiger partial charge in [-0.2, -0.15) is 0 Å². The molecule has 1 aliphatic heterocycles. The van der Waals surface area contributed by atoms with Crippen LogP contribution in [0.25, 0.3) is 11.2 Å². The summed E-state index contributed by atoms with van der Waals surface area (Å²) in [6.07, 6.45) is -0.269. The van der Waals surface area contributed by atoms with E-state index < -0.39 is 27.7 Å². The number of nitrogens with one attached hydrogen (secondary N) is 3. The van der Waals surface area contributed by atoms with E-state index in [1.165, 1.54) is 18.2 Å². The van der Waals surface area contributed by atoms with Crippen molar-refractivity contribution < 1.29 is 26.7 Å². The number of aliphatic imine (C=N–C) groups is 1. The number of pyridine rings is 1. The topological polar surface area (TPSA) is 138 Å². The summed E-state index contributed by atoms with van der Waals surface area (Å²) in [6.45, 7) is 4.19. The van der Waals surface area contributed by atoms with Crippen molar-refractivity contribution in [2.45, 2.75) is 43.6 Å². The molecule has 2 aromatic heterocycles. The van der Waals surface area contributed by atoms with Gasteiger partial charge in [-0.05, 0) is 44.9 Å². The van der Waals surface area contributed by atoms with Gasteiger partial charge in [-0.25, -0.2) is 32.2 Å². The maximum atomic E-state index is 13.3. The van der Waals surface area contributed by atoms with Gasteiger partial charge in [0.25, 0.3) is 6.43 Å². The Labute approximate surface area is 205 Å². The van der Waals surface area contributed by atoms with Crippen molar-refractivity contribution >= 4 is 50.0 Å². The van der Waals surface area contributed by atoms with Gasteiger partial charge in [-0.3, -0.25) is 4.79 Å². The van der Waals surface area contributed by atoms with E-state index in [4.69, 9.17) is 4.74 Å². The number of benzene rings is 1. The molecule has 2 aliphatic rings. The average Bonchev–Trinajstić information content (AvgIpc) is 3.45. The summed E-state index contributed by atoms with van der Waals surface area (Å²) in [5, 5.41) is 5.67. The van der Waals surface area contributed by atoms with E-state index >= 15 is 0 Å². The summed E-state index contributed by atoms with van der Waals surface area (Å²) in [5.41, 5.74) is 0.473. The van der Waals surface area contributed by atoms with E-state index in [1.807, 2.05) is 13.8 Å². The number of imidazole rings is 1. The first-order valence-electron chi connectivity index (χ1n) is 11.2. The lowest BCUT2D eigenvalue weighted by atomic mass is 10.1. The summed E-state index contributed by atoms with van der Waals surface area (Å²) in [5.74, 6) is -0.458. The van der Waals surface area contributed by atoms with Crippen LogP contribution < -0.4 is 10.6 Å². The highest BCUT2D eigenvalue weighted by Crippen LogP contribution is 2.34. The Balaban J connectivity index is 1.56. The third-order valence-electron chi connectivity index (χ3n) is 5.75. The maximum absolute atomic E-state index is 13.3. The Morgan fingerprint density at radius 1 is 1.19 bits per heavy atom. The molecule has 1 aromatic carbocycles. The number of aromatic amines is 1. The van der Waals surface area contributed by atoms with Crippen molar-refractivity contribution in [1.82, 2.24) is 15.0 Å². The number of alkyl halides is 2. The van der Waals surface area contributed by atoms with Gasteiger partial charge in [0.15, 0.2) is 21.3 Å². The van der Waals surface area contributed by atoms with Crippen LogP contribution in [0.2, 0.25) is 0 Å². The number of hydrogen-bond acceptors (Lipinski definition) is 8. The minimum Gasteiger partial charge on any atom is -0.469 e. The maximum Gasteiger partial charge on any atom is 0.295 e. The monoisotopic (exact) mass is 518 g/mol. The number of sulfone groups is 1. The van der Waals surface area contributed by atoms with Gasteiger partial charge in [-0.1, -0.05) is 0 Å². The van der Waals surface area contributed by atoms with Crippen LogP contribution >= 0.6 is 0 Å². The zero-order chi connectivity index (χ0) is 25.8. The molecule has 0 atom stereocenters. The summed E-state index contributed by atoms with van der Waals surface area (Å²) in [6, 6.07) is 6.07. The van der Waals surface area contributed by atoms with Crippen molar-refractivity contribution in [1.29, 1.82) is 0 Å². The van der Waals surface area contributed by atoms with Gasteiger partial charge < -0.3 is 20.4 Å². The van der Waals surface area contributed by atoms with E-state index in [2.05, 4.69) is 30.6 Å². The molecule has 10 nitrogen and oxygen atoms in total. The number of amides is 1. The molecule has 1 aliphatic carbocycles. The quantitative estimate of drug-likeness (QED) is 0.431. The fourth-order valence-corrected chi connectivity index (χ4v) is 4.65. The van der Waals surface area contributed by atoms with Gasteiger partial charge in [0, 0.05) is 23.8 Å². The second kappa shape index (κ2) is 8.50.